The highest BCUT2D eigenvalue weighted by atomic mass is 16.5. The molecule has 112 valence electrons. The molecular weight excluding hydrogens is 260 g/mol. The van der Waals surface area contributed by atoms with Crippen molar-refractivity contribution in [2.75, 3.05) is 20.3 Å². The molecule has 1 aliphatic heterocycles. The van der Waals surface area contributed by atoms with Gasteiger partial charge in [0.15, 0.2) is 0 Å². The van der Waals surface area contributed by atoms with Crippen molar-refractivity contribution in [3.05, 3.63) is 11.3 Å². The fourth-order valence-corrected chi connectivity index (χ4v) is 2.63. The van der Waals surface area contributed by atoms with E-state index in [4.69, 9.17) is 15.2 Å². The Labute approximate surface area is 118 Å². The monoisotopic (exact) mass is 282 g/mol. The molecule has 2 unspecified atom stereocenters. The van der Waals surface area contributed by atoms with Gasteiger partial charge >= 0.3 is 0 Å². The number of aromatic nitrogens is 2. The molecule has 1 amide bonds. The van der Waals surface area contributed by atoms with Gasteiger partial charge in [0.2, 0.25) is 11.8 Å². The number of nitrogens with two attached hydrogens (primary N) is 1. The first-order valence-corrected chi connectivity index (χ1v) is 6.76. The Morgan fingerprint density at radius 2 is 2.45 bits per heavy atom. The molecule has 1 aromatic heterocycles. The standard InChI is InChI=1S/C13H22N4O3/c1-8-10(13(19-3)17(2)16-8)11(12(14)18)15-7-9-5-4-6-20-9/h9,11,15H,4-7H2,1-3H3,(H2,14,18). The first kappa shape index (κ1) is 14.8. The van der Waals surface area contributed by atoms with Crippen molar-refractivity contribution in [3.8, 4) is 5.88 Å². The Bertz CT molecular complexity index is 480. The van der Waals surface area contributed by atoms with Crippen LogP contribution in [0.15, 0.2) is 0 Å². The van der Waals surface area contributed by atoms with Crippen LogP contribution in [0.5, 0.6) is 5.88 Å². The molecule has 0 aliphatic carbocycles. The predicted octanol–water partition coefficient (Wildman–Crippen LogP) is 0.0321. The lowest BCUT2D eigenvalue weighted by atomic mass is 10.1. The van der Waals surface area contributed by atoms with Gasteiger partial charge in [-0.05, 0) is 19.8 Å². The third-order valence-electron chi connectivity index (χ3n) is 3.55. The van der Waals surface area contributed by atoms with Crippen molar-refractivity contribution in [3.63, 3.8) is 0 Å². The average Bonchev–Trinajstić information content (AvgIpc) is 2.98. The molecule has 0 radical (unpaired) electrons. The van der Waals surface area contributed by atoms with Crippen molar-refractivity contribution >= 4 is 5.91 Å². The predicted molar refractivity (Wildman–Crippen MR) is 73.4 cm³/mol. The third kappa shape index (κ3) is 2.94. The summed E-state index contributed by atoms with van der Waals surface area (Å²) >= 11 is 0. The van der Waals surface area contributed by atoms with E-state index in [-0.39, 0.29) is 6.10 Å². The summed E-state index contributed by atoms with van der Waals surface area (Å²) in [5.74, 6) is 0.100. The van der Waals surface area contributed by atoms with Gasteiger partial charge in [0.05, 0.1) is 24.5 Å². The number of primary amides is 1. The quantitative estimate of drug-likeness (QED) is 0.768. The van der Waals surface area contributed by atoms with Crippen LogP contribution in [0.2, 0.25) is 0 Å². The molecule has 2 atom stereocenters. The smallest absolute Gasteiger partial charge is 0.239 e. The van der Waals surface area contributed by atoms with Gasteiger partial charge in [-0.3, -0.25) is 10.1 Å². The second kappa shape index (κ2) is 6.23. The summed E-state index contributed by atoms with van der Waals surface area (Å²) in [4.78, 5) is 11.8. The van der Waals surface area contributed by atoms with Crippen LogP contribution in [0, 0.1) is 6.92 Å². The van der Waals surface area contributed by atoms with Gasteiger partial charge in [-0.2, -0.15) is 5.10 Å². The van der Waals surface area contributed by atoms with Crippen LogP contribution in [0.25, 0.3) is 0 Å². The second-order valence-corrected chi connectivity index (χ2v) is 5.01. The van der Waals surface area contributed by atoms with Crippen molar-refractivity contribution in [1.82, 2.24) is 15.1 Å². The number of rotatable bonds is 6. The number of hydrogen-bond donors (Lipinski definition) is 2. The number of carbonyl (C=O) groups excluding carboxylic acids is 1. The minimum Gasteiger partial charge on any atom is -0.481 e. The lowest BCUT2D eigenvalue weighted by Gasteiger charge is -2.19. The van der Waals surface area contributed by atoms with Gasteiger partial charge in [0.1, 0.15) is 6.04 Å². The van der Waals surface area contributed by atoms with Crippen molar-refractivity contribution < 1.29 is 14.3 Å². The summed E-state index contributed by atoms with van der Waals surface area (Å²) in [5.41, 5.74) is 6.94. The van der Waals surface area contributed by atoms with Gasteiger partial charge in [-0.15, -0.1) is 0 Å². The third-order valence-corrected chi connectivity index (χ3v) is 3.55. The minimum atomic E-state index is -0.622. The first-order valence-electron chi connectivity index (χ1n) is 6.76. The van der Waals surface area contributed by atoms with E-state index < -0.39 is 11.9 Å². The van der Waals surface area contributed by atoms with Gasteiger partial charge in [-0.25, -0.2) is 4.68 Å². The molecule has 20 heavy (non-hydrogen) atoms. The van der Waals surface area contributed by atoms with Crippen LogP contribution < -0.4 is 15.8 Å². The number of hydrogen-bond acceptors (Lipinski definition) is 5. The van der Waals surface area contributed by atoms with E-state index in [0.717, 1.165) is 25.1 Å². The van der Waals surface area contributed by atoms with E-state index in [1.807, 2.05) is 6.92 Å². The summed E-state index contributed by atoms with van der Waals surface area (Å²) in [5, 5.41) is 7.45. The molecule has 3 N–H and O–H groups in total. The number of aryl methyl sites for hydroxylation is 2. The van der Waals surface area contributed by atoms with E-state index in [1.165, 1.54) is 0 Å². The Hall–Kier alpha value is -1.60. The molecule has 0 saturated carbocycles. The number of methoxy groups -OCH3 is 1. The lowest BCUT2D eigenvalue weighted by molar-refractivity contribution is -0.120. The molecule has 1 aromatic rings. The van der Waals surface area contributed by atoms with Gasteiger partial charge in [0, 0.05) is 20.2 Å². The fraction of sp³-hybridized carbons (Fsp3) is 0.692. The Morgan fingerprint density at radius 3 is 3.00 bits per heavy atom. The zero-order chi connectivity index (χ0) is 14.7. The molecule has 0 spiro atoms. The lowest BCUT2D eigenvalue weighted by Crippen LogP contribution is -2.38. The SMILES string of the molecule is COc1c(C(NCC2CCCO2)C(N)=O)c(C)nn1C. The molecule has 0 bridgehead atoms. The Kier molecular flexibility index (Phi) is 4.61. The topological polar surface area (TPSA) is 91.4 Å². The summed E-state index contributed by atoms with van der Waals surface area (Å²) in [6.45, 7) is 3.20. The van der Waals surface area contributed by atoms with Crippen LogP contribution >= 0.6 is 0 Å². The number of nitrogens with one attached hydrogen (secondary N) is 1. The molecule has 7 nitrogen and oxygen atoms in total. The first-order chi connectivity index (χ1) is 9.54. The number of nitrogens with zero attached hydrogens (tertiary/aromatic N) is 2. The molecule has 2 heterocycles. The van der Waals surface area contributed by atoms with E-state index >= 15 is 0 Å². The van der Waals surface area contributed by atoms with Crippen molar-refractivity contribution in [1.29, 1.82) is 0 Å². The Balaban J connectivity index is 2.17. The van der Waals surface area contributed by atoms with Crippen molar-refractivity contribution in [2.24, 2.45) is 12.8 Å². The zero-order valence-corrected chi connectivity index (χ0v) is 12.2. The number of amides is 1. The highest BCUT2D eigenvalue weighted by Gasteiger charge is 2.28. The van der Waals surface area contributed by atoms with Gasteiger partial charge < -0.3 is 15.2 Å². The molecule has 2 rings (SSSR count). The maximum atomic E-state index is 11.8. The van der Waals surface area contributed by atoms with E-state index in [9.17, 15) is 4.79 Å². The fourth-order valence-electron chi connectivity index (χ4n) is 2.63. The maximum absolute atomic E-state index is 11.8. The van der Waals surface area contributed by atoms with E-state index in [1.54, 1.807) is 18.8 Å². The van der Waals surface area contributed by atoms with Crippen molar-refractivity contribution in [2.45, 2.75) is 31.9 Å². The maximum Gasteiger partial charge on any atom is 0.239 e. The van der Waals surface area contributed by atoms with Gasteiger partial charge in [-0.1, -0.05) is 0 Å². The largest absolute Gasteiger partial charge is 0.481 e. The van der Waals surface area contributed by atoms with Crippen LogP contribution in [-0.2, 0) is 16.6 Å². The molecule has 0 aromatic carbocycles. The number of carbonyl (C=O) groups is 1. The van der Waals surface area contributed by atoms with Crippen LogP contribution in [-0.4, -0.2) is 42.1 Å². The minimum absolute atomic E-state index is 0.139. The molecule has 1 aliphatic rings. The van der Waals surface area contributed by atoms with Gasteiger partial charge in [0.25, 0.3) is 0 Å². The van der Waals surface area contributed by atoms with Crippen LogP contribution in [0.3, 0.4) is 0 Å². The summed E-state index contributed by atoms with van der Waals surface area (Å²) in [7, 11) is 3.32. The van der Waals surface area contributed by atoms with E-state index in [2.05, 4.69) is 10.4 Å². The highest BCUT2D eigenvalue weighted by Crippen LogP contribution is 2.28. The molecular formula is C13H22N4O3. The summed E-state index contributed by atoms with van der Waals surface area (Å²) in [6.07, 6.45) is 2.20. The second-order valence-electron chi connectivity index (χ2n) is 5.01. The average molecular weight is 282 g/mol. The van der Waals surface area contributed by atoms with Crippen LogP contribution in [0.4, 0.5) is 0 Å². The zero-order valence-electron chi connectivity index (χ0n) is 12.2. The summed E-state index contributed by atoms with van der Waals surface area (Å²) < 4.78 is 12.5. The molecule has 1 saturated heterocycles. The van der Waals surface area contributed by atoms with E-state index in [0.29, 0.717) is 18.0 Å². The Morgan fingerprint density at radius 1 is 1.70 bits per heavy atom. The normalized spacial score (nSPS) is 20.1. The molecule has 1 fully saturated rings. The molecule has 7 heteroatoms. The van der Waals surface area contributed by atoms with Crippen LogP contribution in [0.1, 0.15) is 30.1 Å². The highest BCUT2D eigenvalue weighted by molar-refractivity contribution is 5.82. The number of ether oxygens (including phenoxy) is 2. The summed E-state index contributed by atoms with van der Waals surface area (Å²) in [6, 6.07) is -0.622.